The molecule has 1 unspecified atom stereocenters. The zero-order valence-electron chi connectivity index (χ0n) is 10.8. The van der Waals surface area contributed by atoms with Gasteiger partial charge in [0.05, 0.1) is 0 Å². The van der Waals surface area contributed by atoms with Crippen molar-refractivity contribution in [2.24, 2.45) is 11.8 Å². The average molecular weight is 272 g/mol. The van der Waals surface area contributed by atoms with Gasteiger partial charge in [-0.1, -0.05) is 38.2 Å². The number of halogens is 3. The molecule has 0 amide bonds. The predicted molar refractivity (Wildman–Crippen MR) is 67.6 cm³/mol. The fourth-order valence-corrected chi connectivity index (χ4v) is 2.85. The summed E-state index contributed by atoms with van der Waals surface area (Å²) in [5, 5.41) is 0. The molecule has 0 aromatic heterocycles. The molecule has 2 nitrogen and oxygen atoms in total. The summed E-state index contributed by atoms with van der Waals surface area (Å²) in [4.78, 5) is 0. The highest BCUT2D eigenvalue weighted by molar-refractivity contribution is 5.23. The molecule has 1 aliphatic carbocycles. The van der Waals surface area contributed by atoms with E-state index in [0.29, 0.717) is 12.3 Å². The molecule has 106 valence electrons. The normalized spacial score (nSPS) is 18.5. The zero-order valence-corrected chi connectivity index (χ0v) is 10.8. The summed E-state index contributed by atoms with van der Waals surface area (Å²) in [5.74, 6) is 2.17. The minimum Gasteiger partial charge on any atom is -0.271 e. The van der Waals surface area contributed by atoms with E-state index in [4.69, 9.17) is 5.84 Å². The summed E-state index contributed by atoms with van der Waals surface area (Å²) >= 11 is 0. The minimum absolute atomic E-state index is 0.104. The fourth-order valence-electron chi connectivity index (χ4n) is 2.85. The van der Waals surface area contributed by atoms with Crippen LogP contribution in [0.5, 0.6) is 0 Å². The summed E-state index contributed by atoms with van der Waals surface area (Å²) in [6.45, 7) is 0. The number of benzene rings is 1. The molecule has 1 aromatic rings. The molecule has 1 atom stereocenters. The molecule has 19 heavy (non-hydrogen) atoms. The highest BCUT2D eigenvalue weighted by Crippen LogP contribution is 2.33. The summed E-state index contributed by atoms with van der Waals surface area (Å²) in [7, 11) is 0. The lowest BCUT2D eigenvalue weighted by Gasteiger charge is -2.26. The van der Waals surface area contributed by atoms with Gasteiger partial charge in [0, 0.05) is 11.6 Å². The van der Waals surface area contributed by atoms with Crippen molar-refractivity contribution in [1.29, 1.82) is 0 Å². The van der Waals surface area contributed by atoms with Gasteiger partial charge in [-0.05, 0) is 18.4 Å². The van der Waals surface area contributed by atoms with Gasteiger partial charge in [-0.3, -0.25) is 11.3 Å². The van der Waals surface area contributed by atoms with E-state index in [0.717, 1.165) is 18.9 Å². The first-order valence-corrected chi connectivity index (χ1v) is 6.73. The van der Waals surface area contributed by atoms with E-state index in [1.165, 1.54) is 25.3 Å². The molecule has 2 rings (SSSR count). The first kappa shape index (κ1) is 14.3. The van der Waals surface area contributed by atoms with E-state index < -0.39 is 23.5 Å². The average Bonchev–Trinajstić information content (AvgIpc) is 2.44. The SMILES string of the molecule is NNC(CC1CCCCC1)c1ccc(F)c(F)c1F. The number of hydrogen-bond acceptors (Lipinski definition) is 2. The molecule has 3 N–H and O–H groups in total. The summed E-state index contributed by atoms with van der Waals surface area (Å²) in [6, 6.07) is 1.73. The van der Waals surface area contributed by atoms with Crippen molar-refractivity contribution in [3.05, 3.63) is 35.1 Å². The lowest BCUT2D eigenvalue weighted by Crippen LogP contribution is -2.31. The standard InChI is InChI=1S/C14H19F3N2/c15-11-7-6-10(13(16)14(11)17)12(19-18)8-9-4-2-1-3-5-9/h6-7,9,12,19H,1-5,8,18H2. The summed E-state index contributed by atoms with van der Waals surface area (Å²) < 4.78 is 39.9. The number of nitrogens with one attached hydrogen (secondary N) is 1. The Kier molecular flexibility index (Phi) is 4.82. The lowest BCUT2D eigenvalue weighted by atomic mass is 9.83. The highest BCUT2D eigenvalue weighted by Gasteiger charge is 2.24. The Bertz CT molecular complexity index is 431. The van der Waals surface area contributed by atoms with Gasteiger partial charge in [-0.25, -0.2) is 13.2 Å². The third kappa shape index (κ3) is 3.28. The van der Waals surface area contributed by atoms with Crippen molar-refractivity contribution in [3.8, 4) is 0 Å². The van der Waals surface area contributed by atoms with E-state index in [1.807, 2.05) is 0 Å². The summed E-state index contributed by atoms with van der Waals surface area (Å²) in [5.41, 5.74) is 2.63. The van der Waals surface area contributed by atoms with Crippen molar-refractivity contribution in [2.45, 2.75) is 44.6 Å². The Balaban J connectivity index is 2.14. The van der Waals surface area contributed by atoms with E-state index in [2.05, 4.69) is 5.43 Å². The smallest absolute Gasteiger partial charge is 0.194 e. The number of hydrogen-bond donors (Lipinski definition) is 2. The van der Waals surface area contributed by atoms with Crippen molar-refractivity contribution in [2.75, 3.05) is 0 Å². The summed E-state index contributed by atoms with van der Waals surface area (Å²) in [6.07, 6.45) is 6.40. The first-order chi connectivity index (χ1) is 9.13. The van der Waals surface area contributed by atoms with Crippen molar-refractivity contribution in [3.63, 3.8) is 0 Å². The Labute approximate surface area is 111 Å². The first-order valence-electron chi connectivity index (χ1n) is 6.73. The molecule has 1 aliphatic rings. The molecule has 0 bridgehead atoms. The van der Waals surface area contributed by atoms with Crippen LogP contribution in [0.4, 0.5) is 13.2 Å². The third-order valence-electron chi connectivity index (χ3n) is 3.94. The van der Waals surface area contributed by atoms with Crippen LogP contribution in [-0.2, 0) is 0 Å². The molecular weight excluding hydrogens is 253 g/mol. The fraction of sp³-hybridized carbons (Fsp3) is 0.571. The highest BCUT2D eigenvalue weighted by atomic mass is 19.2. The molecule has 1 aromatic carbocycles. The van der Waals surface area contributed by atoms with Crippen LogP contribution in [0.25, 0.3) is 0 Å². The Hall–Kier alpha value is -1.07. The van der Waals surface area contributed by atoms with Crippen LogP contribution in [0.2, 0.25) is 0 Å². The molecule has 0 aliphatic heterocycles. The van der Waals surface area contributed by atoms with E-state index >= 15 is 0 Å². The van der Waals surface area contributed by atoms with Crippen molar-refractivity contribution < 1.29 is 13.2 Å². The lowest BCUT2D eigenvalue weighted by molar-refractivity contribution is 0.296. The van der Waals surface area contributed by atoms with E-state index in [-0.39, 0.29) is 5.56 Å². The molecule has 1 saturated carbocycles. The number of rotatable bonds is 4. The third-order valence-corrected chi connectivity index (χ3v) is 3.94. The maximum Gasteiger partial charge on any atom is 0.194 e. The largest absolute Gasteiger partial charge is 0.271 e. The molecule has 0 spiro atoms. The van der Waals surface area contributed by atoms with Gasteiger partial charge in [0.15, 0.2) is 17.5 Å². The van der Waals surface area contributed by atoms with Gasteiger partial charge in [-0.2, -0.15) is 0 Å². The Morgan fingerprint density at radius 3 is 2.42 bits per heavy atom. The number of hydrazine groups is 1. The van der Waals surface area contributed by atoms with E-state index in [1.54, 1.807) is 0 Å². The molecule has 0 saturated heterocycles. The van der Waals surface area contributed by atoms with Crippen LogP contribution in [0.1, 0.15) is 50.1 Å². The minimum atomic E-state index is -1.43. The monoisotopic (exact) mass is 272 g/mol. The molecular formula is C14H19F3N2. The second kappa shape index (κ2) is 6.39. The van der Waals surface area contributed by atoms with E-state index in [9.17, 15) is 13.2 Å². The van der Waals surface area contributed by atoms with Gasteiger partial charge in [-0.15, -0.1) is 0 Å². The van der Waals surface area contributed by atoms with Crippen LogP contribution >= 0.6 is 0 Å². The maximum atomic E-state index is 13.7. The predicted octanol–water partition coefficient (Wildman–Crippen LogP) is 3.58. The van der Waals surface area contributed by atoms with Gasteiger partial charge >= 0.3 is 0 Å². The Morgan fingerprint density at radius 2 is 1.79 bits per heavy atom. The second-order valence-corrected chi connectivity index (χ2v) is 5.22. The molecule has 1 fully saturated rings. The topological polar surface area (TPSA) is 38.0 Å². The van der Waals surface area contributed by atoms with Crippen molar-refractivity contribution in [1.82, 2.24) is 5.43 Å². The van der Waals surface area contributed by atoms with Crippen LogP contribution < -0.4 is 11.3 Å². The second-order valence-electron chi connectivity index (χ2n) is 5.22. The molecule has 5 heteroatoms. The maximum absolute atomic E-state index is 13.7. The van der Waals surface area contributed by atoms with Crippen LogP contribution in [0.15, 0.2) is 12.1 Å². The quantitative estimate of drug-likeness (QED) is 0.499. The van der Waals surface area contributed by atoms with Gasteiger partial charge in [0.25, 0.3) is 0 Å². The molecule has 0 radical (unpaired) electrons. The zero-order chi connectivity index (χ0) is 13.8. The van der Waals surface area contributed by atoms with Crippen molar-refractivity contribution >= 4 is 0 Å². The van der Waals surface area contributed by atoms with Gasteiger partial charge in [0.2, 0.25) is 0 Å². The van der Waals surface area contributed by atoms with Crippen LogP contribution in [0.3, 0.4) is 0 Å². The van der Waals surface area contributed by atoms with Crippen LogP contribution in [-0.4, -0.2) is 0 Å². The van der Waals surface area contributed by atoms with Gasteiger partial charge < -0.3 is 0 Å². The molecule has 0 heterocycles. The number of nitrogens with two attached hydrogens (primary N) is 1. The Morgan fingerprint density at radius 1 is 1.11 bits per heavy atom. The van der Waals surface area contributed by atoms with Crippen LogP contribution in [0, 0.1) is 23.4 Å². The van der Waals surface area contributed by atoms with Gasteiger partial charge in [0.1, 0.15) is 0 Å².